The van der Waals surface area contributed by atoms with Gasteiger partial charge in [0.25, 0.3) is 0 Å². The molecule has 2 atom stereocenters. The van der Waals surface area contributed by atoms with Crippen molar-refractivity contribution in [1.29, 1.82) is 0 Å². The van der Waals surface area contributed by atoms with E-state index >= 15 is 0 Å². The summed E-state index contributed by atoms with van der Waals surface area (Å²) in [6.45, 7) is 14.9. The molecule has 0 heterocycles. The smallest absolute Gasteiger partial charge is 0.233 e. The van der Waals surface area contributed by atoms with Crippen LogP contribution in [0.4, 0.5) is 0 Å². The maximum atomic E-state index is 12.7. The molecule has 0 saturated carbocycles. The van der Waals surface area contributed by atoms with Crippen LogP contribution in [-0.4, -0.2) is 24.8 Å². The van der Waals surface area contributed by atoms with Crippen LogP contribution in [0.3, 0.4) is 0 Å². The van der Waals surface area contributed by atoms with Crippen LogP contribution in [-0.2, 0) is 0 Å². The number of rotatable bonds is 19. The normalized spacial score (nSPS) is 12.9. The number of benzene rings is 2. The third kappa shape index (κ3) is 12.3. The van der Waals surface area contributed by atoms with Crippen molar-refractivity contribution in [3.05, 3.63) is 59.7 Å². The van der Waals surface area contributed by atoms with Gasteiger partial charge in [-0.2, -0.15) is 0 Å². The highest BCUT2D eigenvalue weighted by Gasteiger charge is 2.18. The lowest BCUT2D eigenvalue weighted by Crippen LogP contribution is -2.14. The predicted molar refractivity (Wildman–Crippen MR) is 157 cm³/mol. The van der Waals surface area contributed by atoms with E-state index in [1.165, 1.54) is 38.5 Å². The molecule has 0 fully saturated rings. The zero-order chi connectivity index (χ0) is 27.9. The molecule has 2 aromatic rings. The molecule has 210 valence electrons. The van der Waals surface area contributed by atoms with Crippen LogP contribution in [0.2, 0.25) is 0 Å². The lowest BCUT2D eigenvalue weighted by molar-refractivity contribution is 0.0817. The van der Waals surface area contributed by atoms with E-state index in [4.69, 9.17) is 9.47 Å². The van der Waals surface area contributed by atoms with Crippen molar-refractivity contribution in [3.8, 4) is 11.5 Å². The van der Waals surface area contributed by atoms with E-state index in [9.17, 15) is 9.59 Å². The quantitative estimate of drug-likeness (QED) is 0.136. The number of ketones is 2. The summed E-state index contributed by atoms with van der Waals surface area (Å²) in [6, 6.07) is 13.7. The molecule has 0 radical (unpaired) electrons. The Balaban J connectivity index is 1.75. The van der Waals surface area contributed by atoms with E-state index in [-0.39, 0.29) is 0 Å². The Bertz CT molecular complexity index is 864. The van der Waals surface area contributed by atoms with E-state index in [2.05, 4.69) is 41.5 Å². The number of carbonyl (C=O) groups excluding carboxylic acids is 2. The van der Waals surface area contributed by atoms with Crippen LogP contribution in [0.1, 0.15) is 114 Å². The van der Waals surface area contributed by atoms with Crippen LogP contribution in [0.25, 0.3) is 0 Å². The zero-order valence-electron chi connectivity index (χ0n) is 24.6. The minimum absolute atomic E-state index is 0.371. The summed E-state index contributed by atoms with van der Waals surface area (Å²) in [5.74, 6) is 3.19. The fourth-order valence-electron chi connectivity index (χ4n) is 4.46. The molecule has 2 aromatic carbocycles. The monoisotopic (exact) mass is 522 g/mol. The molecule has 0 saturated heterocycles. The topological polar surface area (TPSA) is 52.6 Å². The lowest BCUT2D eigenvalue weighted by Gasteiger charge is -2.13. The predicted octanol–water partition coefficient (Wildman–Crippen LogP) is 9.21. The largest absolute Gasteiger partial charge is 0.494 e. The van der Waals surface area contributed by atoms with Gasteiger partial charge in [0, 0.05) is 11.1 Å². The summed E-state index contributed by atoms with van der Waals surface area (Å²) in [5.41, 5.74) is 0.743. The maximum Gasteiger partial charge on any atom is 0.233 e. The van der Waals surface area contributed by atoms with Gasteiger partial charge in [-0.3, -0.25) is 9.59 Å². The number of hydrogen-bond acceptors (Lipinski definition) is 4. The average Bonchev–Trinajstić information content (AvgIpc) is 2.88. The Hall–Kier alpha value is -2.62. The van der Waals surface area contributed by atoms with E-state index in [1.54, 1.807) is 48.5 Å². The highest BCUT2D eigenvalue weighted by atomic mass is 16.5. The van der Waals surface area contributed by atoms with Gasteiger partial charge in [-0.05, 0) is 85.0 Å². The Morgan fingerprint density at radius 3 is 1.18 bits per heavy atom. The Kier molecular flexibility index (Phi) is 14.2. The third-order valence-corrected chi connectivity index (χ3v) is 7.15. The van der Waals surface area contributed by atoms with E-state index in [0.29, 0.717) is 36.2 Å². The highest BCUT2D eigenvalue weighted by molar-refractivity contribution is 6.49. The molecule has 0 bridgehead atoms. The molecule has 4 nitrogen and oxygen atoms in total. The first-order valence-corrected chi connectivity index (χ1v) is 14.7. The second kappa shape index (κ2) is 17.1. The number of ether oxygens (including phenoxy) is 2. The highest BCUT2D eigenvalue weighted by Crippen LogP contribution is 2.20. The number of hydrogen-bond donors (Lipinski definition) is 0. The first kappa shape index (κ1) is 31.6. The van der Waals surface area contributed by atoms with Crippen LogP contribution in [0, 0.1) is 23.7 Å². The van der Waals surface area contributed by atoms with Gasteiger partial charge < -0.3 is 9.47 Å². The van der Waals surface area contributed by atoms with E-state index in [0.717, 1.165) is 36.2 Å². The molecular formula is C34H50O4. The minimum atomic E-state index is -0.515. The summed E-state index contributed by atoms with van der Waals surface area (Å²) in [4.78, 5) is 25.5. The second-order valence-electron chi connectivity index (χ2n) is 11.8. The molecule has 0 N–H and O–H groups in total. The van der Waals surface area contributed by atoms with Gasteiger partial charge >= 0.3 is 0 Å². The summed E-state index contributed by atoms with van der Waals surface area (Å²) in [5, 5.41) is 0. The van der Waals surface area contributed by atoms with Crippen LogP contribution < -0.4 is 9.47 Å². The molecular weight excluding hydrogens is 472 g/mol. The molecule has 0 aliphatic heterocycles. The average molecular weight is 523 g/mol. The summed E-state index contributed by atoms with van der Waals surface area (Å²) >= 11 is 0. The van der Waals surface area contributed by atoms with Gasteiger partial charge in [-0.15, -0.1) is 0 Å². The lowest BCUT2D eigenvalue weighted by atomic mass is 9.98. The van der Waals surface area contributed by atoms with Gasteiger partial charge in [0.05, 0.1) is 13.2 Å². The molecule has 0 aromatic heterocycles. The number of carbonyl (C=O) groups is 2. The molecule has 0 aliphatic carbocycles. The molecule has 2 rings (SSSR count). The third-order valence-electron chi connectivity index (χ3n) is 7.15. The van der Waals surface area contributed by atoms with Crippen LogP contribution in [0.15, 0.2) is 48.5 Å². The standard InChI is InChI=1S/C34H50O4/c1-25(2)9-7-11-27(5)21-23-37-31-17-13-29(14-18-31)33(35)34(36)30-15-19-32(20-16-30)38-24-22-28(6)12-8-10-26(3)4/h13-20,25-28H,7-12,21-24H2,1-6H3. The fourth-order valence-corrected chi connectivity index (χ4v) is 4.46. The van der Waals surface area contributed by atoms with Gasteiger partial charge in [0.15, 0.2) is 0 Å². The van der Waals surface area contributed by atoms with Crippen molar-refractivity contribution in [2.24, 2.45) is 23.7 Å². The molecule has 2 unspecified atom stereocenters. The SMILES string of the molecule is CC(C)CCCC(C)CCOc1ccc(C(=O)C(=O)c2ccc(OCCC(C)CCCC(C)C)cc2)cc1. The summed E-state index contributed by atoms with van der Waals surface area (Å²) in [6.07, 6.45) is 9.53. The van der Waals surface area contributed by atoms with Crippen molar-refractivity contribution >= 4 is 11.6 Å². The van der Waals surface area contributed by atoms with Crippen molar-refractivity contribution in [3.63, 3.8) is 0 Å². The Morgan fingerprint density at radius 1 is 0.526 bits per heavy atom. The molecule has 38 heavy (non-hydrogen) atoms. The Labute approximate surface area is 231 Å². The van der Waals surface area contributed by atoms with E-state index < -0.39 is 11.6 Å². The maximum absolute atomic E-state index is 12.7. The fraction of sp³-hybridized carbons (Fsp3) is 0.588. The first-order chi connectivity index (χ1) is 18.2. The van der Waals surface area contributed by atoms with Gasteiger partial charge in [-0.1, -0.05) is 80.1 Å². The van der Waals surface area contributed by atoms with Crippen LogP contribution in [0.5, 0.6) is 11.5 Å². The van der Waals surface area contributed by atoms with Crippen molar-refractivity contribution in [2.45, 2.75) is 92.9 Å². The first-order valence-electron chi connectivity index (χ1n) is 14.7. The number of Topliss-reactive ketones (excluding diaryl/α,β-unsaturated/α-hetero) is 2. The van der Waals surface area contributed by atoms with Gasteiger partial charge in [0.1, 0.15) is 11.5 Å². The summed E-state index contributed by atoms with van der Waals surface area (Å²) < 4.78 is 11.7. The molecule has 0 aliphatic rings. The van der Waals surface area contributed by atoms with Gasteiger partial charge in [0.2, 0.25) is 11.6 Å². The summed E-state index contributed by atoms with van der Waals surface area (Å²) in [7, 11) is 0. The molecule has 0 spiro atoms. The second-order valence-corrected chi connectivity index (χ2v) is 11.8. The van der Waals surface area contributed by atoms with Crippen molar-refractivity contribution in [1.82, 2.24) is 0 Å². The Morgan fingerprint density at radius 2 is 0.868 bits per heavy atom. The minimum Gasteiger partial charge on any atom is -0.494 e. The van der Waals surface area contributed by atoms with Crippen molar-refractivity contribution in [2.75, 3.05) is 13.2 Å². The molecule has 0 amide bonds. The van der Waals surface area contributed by atoms with Crippen LogP contribution >= 0.6 is 0 Å². The van der Waals surface area contributed by atoms with Crippen molar-refractivity contribution < 1.29 is 19.1 Å². The van der Waals surface area contributed by atoms with E-state index in [1.807, 2.05) is 0 Å². The molecule has 4 heteroatoms. The van der Waals surface area contributed by atoms with Gasteiger partial charge in [-0.25, -0.2) is 0 Å². The zero-order valence-corrected chi connectivity index (χ0v) is 24.6.